The summed E-state index contributed by atoms with van der Waals surface area (Å²) in [4.78, 5) is 8.39. The normalized spacial score (nSPS) is 10.3. The Morgan fingerprint density at radius 1 is 0.905 bits per heavy atom. The summed E-state index contributed by atoms with van der Waals surface area (Å²) in [7, 11) is 0. The van der Waals surface area contributed by atoms with E-state index in [-0.39, 0.29) is 5.75 Å². The molecule has 0 spiro atoms. The molecule has 0 bridgehead atoms. The predicted octanol–water partition coefficient (Wildman–Crippen LogP) is 3.73. The summed E-state index contributed by atoms with van der Waals surface area (Å²) < 4.78 is 13.3. The first kappa shape index (κ1) is 13.1. The number of nitrogens with one attached hydrogen (secondary N) is 1. The number of nitrogens with zero attached hydrogens (tertiary/aromatic N) is 2. The van der Waals surface area contributed by atoms with Crippen LogP contribution in [0.3, 0.4) is 0 Å². The maximum absolute atomic E-state index is 13.3. The van der Waals surface area contributed by atoms with E-state index in [1.165, 1.54) is 12.1 Å². The summed E-state index contributed by atoms with van der Waals surface area (Å²) in [5.74, 6) is -0.578. The number of anilines is 2. The van der Waals surface area contributed by atoms with Crippen LogP contribution < -0.4 is 5.32 Å². The Balaban J connectivity index is 1.82. The molecule has 0 atom stereocenters. The highest BCUT2D eigenvalue weighted by Crippen LogP contribution is 2.24. The van der Waals surface area contributed by atoms with Gasteiger partial charge in [0, 0.05) is 23.6 Å². The average molecular weight is 281 g/mol. The van der Waals surface area contributed by atoms with Crippen LogP contribution in [0.4, 0.5) is 16.0 Å². The van der Waals surface area contributed by atoms with Crippen molar-refractivity contribution in [1.82, 2.24) is 9.97 Å². The number of phenolic OH excluding ortho intramolecular Hbond substituents is 1. The van der Waals surface area contributed by atoms with Gasteiger partial charge in [0.1, 0.15) is 0 Å². The zero-order valence-electron chi connectivity index (χ0n) is 11.0. The van der Waals surface area contributed by atoms with E-state index in [1.54, 1.807) is 18.5 Å². The van der Waals surface area contributed by atoms with Gasteiger partial charge < -0.3 is 10.4 Å². The molecule has 3 aromatic rings. The minimum atomic E-state index is -0.668. The van der Waals surface area contributed by atoms with Gasteiger partial charge in [0.2, 0.25) is 5.95 Å². The van der Waals surface area contributed by atoms with Crippen LogP contribution in [0.1, 0.15) is 0 Å². The Morgan fingerprint density at radius 3 is 2.29 bits per heavy atom. The average Bonchev–Trinajstić information content (AvgIpc) is 2.52. The lowest BCUT2D eigenvalue weighted by Crippen LogP contribution is -1.96. The zero-order valence-corrected chi connectivity index (χ0v) is 11.0. The summed E-state index contributed by atoms with van der Waals surface area (Å²) in [6, 6.07) is 13.7. The lowest BCUT2D eigenvalue weighted by Gasteiger charge is -2.06. The van der Waals surface area contributed by atoms with Gasteiger partial charge in [0.15, 0.2) is 11.6 Å². The molecule has 0 saturated heterocycles. The van der Waals surface area contributed by atoms with Crippen molar-refractivity contribution >= 4 is 11.6 Å². The van der Waals surface area contributed by atoms with Crippen molar-refractivity contribution in [1.29, 1.82) is 0 Å². The predicted molar refractivity (Wildman–Crippen MR) is 78.8 cm³/mol. The van der Waals surface area contributed by atoms with Crippen molar-refractivity contribution in [2.24, 2.45) is 0 Å². The summed E-state index contributed by atoms with van der Waals surface area (Å²) in [6.45, 7) is 0. The Kier molecular flexibility index (Phi) is 3.47. The highest BCUT2D eigenvalue weighted by Gasteiger charge is 2.05. The minimum absolute atomic E-state index is 0.373. The molecule has 4 nitrogen and oxygen atoms in total. The van der Waals surface area contributed by atoms with Gasteiger partial charge in [-0.2, -0.15) is 0 Å². The lowest BCUT2D eigenvalue weighted by molar-refractivity contribution is 0.432. The molecule has 21 heavy (non-hydrogen) atoms. The van der Waals surface area contributed by atoms with Crippen LogP contribution in [0.5, 0.6) is 5.75 Å². The number of hydrogen-bond donors (Lipinski definition) is 2. The molecule has 0 fully saturated rings. The van der Waals surface area contributed by atoms with Gasteiger partial charge in [0.05, 0.1) is 0 Å². The van der Waals surface area contributed by atoms with Crippen molar-refractivity contribution in [3.8, 4) is 16.9 Å². The Hall–Kier alpha value is -2.95. The van der Waals surface area contributed by atoms with Gasteiger partial charge in [0.25, 0.3) is 0 Å². The number of phenols is 1. The van der Waals surface area contributed by atoms with E-state index in [4.69, 9.17) is 0 Å². The summed E-state index contributed by atoms with van der Waals surface area (Å²) >= 11 is 0. The molecule has 0 aliphatic heterocycles. The van der Waals surface area contributed by atoms with Crippen molar-refractivity contribution in [3.63, 3.8) is 0 Å². The van der Waals surface area contributed by atoms with Crippen molar-refractivity contribution in [2.75, 3.05) is 5.32 Å². The van der Waals surface area contributed by atoms with Gasteiger partial charge >= 0.3 is 0 Å². The maximum Gasteiger partial charge on any atom is 0.227 e. The largest absolute Gasteiger partial charge is 0.505 e. The van der Waals surface area contributed by atoms with E-state index in [2.05, 4.69) is 15.3 Å². The monoisotopic (exact) mass is 281 g/mol. The molecule has 0 amide bonds. The number of halogens is 1. The molecule has 3 rings (SSSR count). The highest BCUT2D eigenvalue weighted by atomic mass is 19.1. The number of aromatic nitrogens is 2. The molecule has 0 radical (unpaired) electrons. The molecule has 5 heteroatoms. The van der Waals surface area contributed by atoms with Crippen LogP contribution in [0, 0.1) is 5.82 Å². The van der Waals surface area contributed by atoms with Crippen LogP contribution in [-0.4, -0.2) is 15.1 Å². The van der Waals surface area contributed by atoms with Crippen LogP contribution in [-0.2, 0) is 0 Å². The standard InChI is InChI=1S/C16H12FN3O/c17-14-8-11(6-7-15(14)21)12-9-18-16(19-10-12)20-13-4-2-1-3-5-13/h1-10,21H,(H,18,19,20). The van der Waals surface area contributed by atoms with Crippen molar-refractivity contribution in [2.45, 2.75) is 0 Å². The Morgan fingerprint density at radius 2 is 1.62 bits per heavy atom. The van der Waals surface area contributed by atoms with Crippen LogP contribution >= 0.6 is 0 Å². The third-order valence-corrected chi connectivity index (χ3v) is 2.96. The molecule has 104 valence electrons. The fourth-order valence-electron chi connectivity index (χ4n) is 1.88. The molecule has 0 aliphatic rings. The first-order valence-corrected chi connectivity index (χ1v) is 6.35. The molecule has 2 aromatic carbocycles. The van der Waals surface area contributed by atoms with E-state index in [0.717, 1.165) is 5.69 Å². The first-order valence-electron chi connectivity index (χ1n) is 6.35. The van der Waals surface area contributed by atoms with E-state index in [0.29, 0.717) is 17.1 Å². The Labute approximate surface area is 120 Å². The lowest BCUT2D eigenvalue weighted by atomic mass is 10.1. The molecule has 0 unspecified atom stereocenters. The SMILES string of the molecule is Oc1ccc(-c2cnc(Nc3ccccc3)nc2)cc1F. The van der Waals surface area contributed by atoms with E-state index in [9.17, 15) is 9.50 Å². The molecule has 2 N–H and O–H groups in total. The second-order valence-corrected chi connectivity index (χ2v) is 4.45. The summed E-state index contributed by atoms with van der Waals surface area (Å²) in [5, 5.41) is 12.2. The topological polar surface area (TPSA) is 58.0 Å². The first-order chi connectivity index (χ1) is 10.2. The van der Waals surface area contributed by atoms with Gasteiger partial charge in [-0.25, -0.2) is 14.4 Å². The summed E-state index contributed by atoms with van der Waals surface area (Å²) in [5.41, 5.74) is 2.17. The molecule has 1 heterocycles. The zero-order chi connectivity index (χ0) is 14.7. The fourth-order valence-corrected chi connectivity index (χ4v) is 1.88. The van der Waals surface area contributed by atoms with Gasteiger partial charge in [-0.05, 0) is 29.8 Å². The van der Waals surface area contributed by atoms with Crippen molar-refractivity contribution in [3.05, 3.63) is 66.7 Å². The third-order valence-electron chi connectivity index (χ3n) is 2.96. The number of benzene rings is 2. The van der Waals surface area contributed by atoms with E-state index < -0.39 is 5.82 Å². The minimum Gasteiger partial charge on any atom is -0.505 e. The van der Waals surface area contributed by atoms with Crippen LogP contribution in [0.25, 0.3) is 11.1 Å². The molecule has 0 saturated carbocycles. The Bertz CT molecular complexity index is 745. The molecular weight excluding hydrogens is 269 g/mol. The smallest absolute Gasteiger partial charge is 0.227 e. The molecular formula is C16H12FN3O. The van der Waals surface area contributed by atoms with E-state index in [1.807, 2.05) is 30.3 Å². The van der Waals surface area contributed by atoms with Gasteiger partial charge in [-0.1, -0.05) is 24.3 Å². The fraction of sp³-hybridized carbons (Fsp3) is 0. The number of hydrogen-bond acceptors (Lipinski definition) is 4. The second-order valence-electron chi connectivity index (χ2n) is 4.45. The number of para-hydroxylation sites is 1. The van der Waals surface area contributed by atoms with Crippen molar-refractivity contribution < 1.29 is 9.50 Å². The molecule has 0 aliphatic carbocycles. The highest BCUT2D eigenvalue weighted by molar-refractivity contribution is 5.63. The molecule has 1 aromatic heterocycles. The van der Waals surface area contributed by atoms with E-state index >= 15 is 0 Å². The number of aromatic hydroxyl groups is 1. The van der Waals surface area contributed by atoms with Crippen LogP contribution in [0.15, 0.2) is 60.9 Å². The summed E-state index contributed by atoms with van der Waals surface area (Å²) in [6.07, 6.45) is 3.20. The van der Waals surface area contributed by atoms with Crippen LogP contribution in [0.2, 0.25) is 0 Å². The van der Waals surface area contributed by atoms with Gasteiger partial charge in [-0.15, -0.1) is 0 Å². The van der Waals surface area contributed by atoms with Gasteiger partial charge in [-0.3, -0.25) is 0 Å². The second kappa shape index (κ2) is 5.58. The number of rotatable bonds is 3. The third kappa shape index (κ3) is 2.97. The maximum atomic E-state index is 13.3. The quantitative estimate of drug-likeness (QED) is 0.768.